The normalized spacial score (nSPS) is 13.9. The molecule has 1 aliphatic rings. The third kappa shape index (κ3) is 3.67. The number of hydrogen-bond acceptors (Lipinski definition) is 5. The molecule has 160 valence electrons. The molecule has 5 rings (SSSR count). The average Bonchev–Trinajstić information content (AvgIpc) is 3.41. The number of amides is 1. The molecule has 1 aliphatic heterocycles. The van der Waals surface area contributed by atoms with E-state index in [0.717, 1.165) is 39.1 Å². The zero-order valence-electron chi connectivity index (χ0n) is 17.8. The van der Waals surface area contributed by atoms with Gasteiger partial charge >= 0.3 is 0 Å². The van der Waals surface area contributed by atoms with Gasteiger partial charge in [-0.25, -0.2) is 9.97 Å². The third-order valence-electron chi connectivity index (χ3n) is 6.06. The average molecular weight is 425 g/mol. The van der Waals surface area contributed by atoms with Crippen molar-refractivity contribution in [1.82, 2.24) is 24.6 Å². The van der Waals surface area contributed by atoms with Crippen LogP contribution in [-0.2, 0) is 20.0 Å². The molecule has 32 heavy (non-hydrogen) atoms. The molecular weight excluding hydrogens is 400 g/mol. The standard InChI is InChI=1S/C25H24N6O/c1-30-24(7-8-29-30)19-5-6-23-20(11-19)15-31(25(23)32)22(12-26)10-17-3-2-4-18(9-17)21-13-27-16-28-14-21/h2-9,11,13-14,16,22H,10,12,15,26H2,1H3/t22-/m0/s1. The molecule has 2 N–H and O–H groups in total. The van der Waals surface area contributed by atoms with Gasteiger partial charge in [-0.3, -0.25) is 9.48 Å². The van der Waals surface area contributed by atoms with Crippen molar-refractivity contribution in [3.63, 3.8) is 0 Å². The van der Waals surface area contributed by atoms with Crippen molar-refractivity contribution < 1.29 is 4.79 Å². The van der Waals surface area contributed by atoms with E-state index >= 15 is 0 Å². The second-order valence-electron chi connectivity index (χ2n) is 8.07. The van der Waals surface area contributed by atoms with E-state index in [1.807, 2.05) is 47.0 Å². The maximum absolute atomic E-state index is 13.2. The number of nitrogens with zero attached hydrogens (tertiary/aromatic N) is 5. The summed E-state index contributed by atoms with van der Waals surface area (Å²) in [5.41, 5.74) is 13.2. The number of aryl methyl sites for hydroxylation is 1. The lowest BCUT2D eigenvalue weighted by Crippen LogP contribution is -2.42. The molecule has 0 unspecified atom stereocenters. The van der Waals surface area contributed by atoms with Gasteiger partial charge in [0.05, 0.1) is 5.69 Å². The van der Waals surface area contributed by atoms with Crippen molar-refractivity contribution in [2.75, 3.05) is 6.54 Å². The molecule has 0 spiro atoms. The number of rotatable bonds is 6. The summed E-state index contributed by atoms with van der Waals surface area (Å²) in [6.45, 7) is 0.959. The minimum Gasteiger partial charge on any atom is -0.330 e. The minimum atomic E-state index is -0.0858. The molecule has 2 aromatic carbocycles. The summed E-state index contributed by atoms with van der Waals surface area (Å²) in [5.74, 6) is 0.0413. The van der Waals surface area contributed by atoms with E-state index in [4.69, 9.17) is 5.73 Å². The Morgan fingerprint density at radius 3 is 2.62 bits per heavy atom. The molecule has 4 aromatic rings. The van der Waals surface area contributed by atoms with Crippen LogP contribution in [0.15, 0.2) is 73.4 Å². The van der Waals surface area contributed by atoms with Crippen molar-refractivity contribution in [2.45, 2.75) is 19.0 Å². The number of fused-ring (bicyclic) bond motifs is 1. The monoisotopic (exact) mass is 424 g/mol. The highest BCUT2D eigenvalue weighted by Gasteiger charge is 2.32. The number of carbonyl (C=O) groups excluding carboxylic acids is 1. The first-order valence-corrected chi connectivity index (χ1v) is 10.6. The summed E-state index contributed by atoms with van der Waals surface area (Å²) in [4.78, 5) is 23.3. The quantitative estimate of drug-likeness (QED) is 0.514. The first kappa shape index (κ1) is 20.1. The topological polar surface area (TPSA) is 89.9 Å². The Morgan fingerprint density at radius 1 is 1.03 bits per heavy atom. The number of nitrogens with two attached hydrogens (primary N) is 1. The predicted molar refractivity (Wildman–Crippen MR) is 123 cm³/mol. The van der Waals surface area contributed by atoms with Crippen molar-refractivity contribution >= 4 is 5.91 Å². The Kier molecular flexibility index (Phi) is 5.25. The van der Waals surface area contributed by atoms with Crippen molar-refractivity contribution in [3.05, 3.63) is 90.1 Å². The molecule has 0 bridgehead atoms. The van der Waals surface area contributed by atoms with E-state index < -0.39 is 0 Å². The number of aromatic nitrogens is 4. The molecule has 0 fully saturated rings. The van der Waals surface area contributed by atoms with Crippen LogP contribution in [0, 0.1) is 0 Å². The predicted octanol–water partition coefficient (Wildman–Crippen LogP) is 3.07. The summed E-state index contributed by atoms with van der Waals surface area (Å²) in [5, 5.41) is 4.25. The molecule has 2 aromatic heterocycles. The molecule has 1 atom stereocenters. The van der Waals surface area contributed by atoms with Crippen LogP contribution in [0.25, 0.3) is 22.4 Å². The van der Waals surface area contributed by atoms with Crippen LogP contribution in [0.4, 0.5) is 0 Å². The van der Waals surface area contributed by atoms with Gasteiger partial charge in [0.15, 0.2) is 0 Å². The Bertz CT molecular complexity index is 1270. The van der Waals surface area contributed by atoms with E-state index in [1.54, 1.807) is 18.6 Å². The largest absolute Gasteiger partial charge is 0.330 e. The van der Waals surface area contributed by atoms with Crippen LogP contribution in [0.2, 0.25) is 0 Å². The third-order valence-corrected chi connectivity index (χ3v) is 6.06. The van der Waals surface area contributed by atoms with Crippen molar-refractivity contribution in [1.29, 1.82) is 0 Å². The number of hydrogen-bond donors (Lipinski definition) is 1. The van der Waals surface area contributed by atoms with Gasteiger partial charge in [0, 0.05) is 61.5 Å². The van der Waals surface area contributed by atoms with Crippen LogP contribution in [0.5, 0.6) is 0 Å². The lowest BCUT2D eigenvalue weighted by atomic mass is 10.00. The van der Waals surface area contributed by atoms with Gasteiger partial charge in [-0.15, -0.1) is 0 Å². The SMILES string of the molecule is Cn1nccc1-c1ccc2c(c1)CN([C@H](CN)Cc1cccc(-c3cncnc3)c1)C2=O. The molecule has 0 saturated carbocycles. The fraction of sp³-hybridized carbons (Fsp3) is 0.200. The van der Waals surface area contributed by atoms with Gasteiger partial charge in [0.2, 0.25) is 0 Å². The van der Waals surface area contributed by atoms with Crippen LogP contribution >= 0.6 is 0 Å². The second-order valence-corrected chi connectivity index (χ2v) is 8.07. The highest BCUT2D eigenvalue weighted by Crippen LogP contribution is 2.30. The van der Waals surface area contributed by atoms with E-state index in [9.17, 15) is 4.79 Å². The first-order valence-electron chi connectivity index (χ1n) is 10.6. The lowest BCUT2D eigenvalue weighted by molar-refractivity contribution is 0.0708. The van der Waals surface area contributed by atoms with Crippen molar-refractivity contribution in [2.24, 2.45) is 12.8 Å². The van der Waals surface area contributed by atoms with Gasteiger partial charge in [-0.2, -0.15) is 5.10 Å². The van der Waals surface area contributed by atoms with Gasteiger partial charge in [0.1, 0.15) is 6.33 Å². The van der Waals surface area contributed by atoms with E-state index in [-0.39, 0.29) is 11.9 Å². The molecular formula is C25H24N6O. The second kappa shape index (κ2) is 8.36. The van der Waals surface area contributed by atoms with E-state index in [2.05, 4.69) is 33.3 Å². The first-order chi connectivity index (χ1) is 15.6. The fourth-order valence-electron chi connectivity index (χ4n) is 4.37. The molecule has 3 heterocycles. The highest BCUT2D eigenvalue weighted by molar-refractivity contribution is 5.99. The minimum absolute atomic E-state index is 0.0413. The lowest BCUT2D eigenvalue weighted by Gasteiger charge is -2.27. The zero-order chi connectivity index (χ0) is 22.1. The molecule has 0 radical (unpaired) electrons. The summed E-state index contributed by atoms with van der Waals surface area (Å²) in [7, 11) is 1.92. The Morgan fingerprint density at radius 2 is 1.88 bits per heavy atom. The number of benzene rings is 2. The summed E-state index contributed by atoms with van der Waals surface area (Å²) in [6.07, 6.45) is 7.58. The Balaban J connectivity index is 1.38. The molecule has 1 amide bonds. The van der Waals surface area contributed by atoms with Gasteiger partial charge in [-0.1, -0.05) is 30.3 Å². The van der Waals surface area contributed by atoms with Crippen LogP contribution < -0.4 is 5.73 Å². The van der Waals surface area contributed by atoms with Crippen LogP contribution in [-0.4, -0.2) is 43.1 Å². The Labute approximate surface area is 186 Å². The highest BCUT2D eigenvalue weighted by atomic mass is 16.2. The fourth-order valence-corrected chi connectivity index (χ4v) is 4.37. The molecule has 7 nitrogen and oxygen atoms in total. The molecule has 0 saturated heterocycles. The van der Waals surface area contributed by atoms with Crippen LogP contribution in [0.1, 0.15) is 21.5 Å². The number of carbonyl (C=O) groups is 1. The maximum Gasteiger partial charge on any atom is 0.254 e. The maximum atomic E-state index is 13.2. The molecule has 7 heteroatoms. The van der Waals surface area contributed by atoms with Crippen LogP contribution in [0.3, 0.4) is 0 Å². The zero-order valence-corrected chi connectivity index (χ0v) is 17.8. The smallest absolute Gasteiger partial charge is 0.254 e. The summed E-state index contributed by atoms with van der Waals surface area (Å²) in [6, 6.07) is 16.1. The van der Waals surface area contributed by atoms with Gasteiger partial charge in [0.25, 0.3) is 5.91 Å². The van der Waals surface area contributed by atoms with E-state index in [0.29, 0.717) is 19.5 Å². The van der Waals surface area contributed by atoms with E-state index in [1.165, 1.54) is 6.33 Å². The summed E-state index contributed by atoms with van der Waals surface area (Å²) >= 11 is 0. The van der Waals surface area contributed by atoms with Gasteiger partial charge in [-0.05, 0) is 41.3 Å². The van der Waals surface area contributed by atoms with Crippen molar-refractivity contribution in [3.8, 4) is 22.4 Å². The Hall–Kier alpha value is -3.84. The summed E-state index contributed by atoms with van der Waals surface area (Å²) < 4.78 is 1.84. The molecule has 0 aliphatic carbocycles. The van der Waals surface area contributed by atoms with Gasteiger partial charge < -0.3 is 10.6 Å².